The first kappa shape index (κ1) is 16.7. The number of nitrogens with one attached hydrogen (secondary N) is 1. The van der Waals surface area contributed by atoms with Gasteiger partial charge in [-0.25, -0.2) is 0 Å². The summed E-state index contributed by atoms with van der Waals surface area (Å²) in [5.74, 6) is -0.0500. The lowest BCUT2D eigenvalue weighted by Gasteiger charge is -2.10. The molecular weight excluding hydrogens is 306 g/mol. The first-order valence-corrected chi connectivity index (χ1v) is 8.47. The van der Waals surface area contributed by atoms with Crippen molar-refractivity contribution in [3.63, 3.8) is 0 Å². The van der Waals surface area contributed by atoms with Gasteiger partial charge in [-0.3, -0.25) is 4.79 Å². The van der Waals surface area contributed by atoms with Gasteiger partial charge >= 0.3 is 0 Å². The van der Waals surface area contributed by atoms with E-state index in [1.165, 1.54) is 5.56 Å². The van der Waals surface area contributed by atoms with E-state index in [2.05, 4.69) is 17.4 Å². The van der Waals surface area contributed by atoms with Crippen LogP contribution in [0.5, 0.6) is 0 Å². The highest BCUT2D eigenvalue weighted by Gasteiger charge is 2.11. The minimum absolute atomic E-state index is 0.0500. The van der Waals surface area contributed by atoms with Gasteiger partial charge in [-0.05, 0) is 29.2 Å². The standard InChI is InChI=1S/C23H21NO/c25-23(24-17-16-19-10-4-1-5-11-19)22(21-14-8-3-9-15-21)18-20-12-6-2-7-13-20/h1-15,18H,16-17H2,(H,24,25)/b22-18+. The second kappa shape index (κ2) is 8.65. The Balaban J connectivity index is 1.75. The zero-order valence-corrected chi connectivity index (χ0v) is 14.1. The van der Waals surface area contributed by atoms with E-state index in [1.54, 1.807) is 0 Å². The van der Waals surface area contributed by atoms with Crippen molar-refractivity contribution in [1.82, 2.24) is 5.32 Å². The van der Waals surface area contributed by atoms with Gasteiger partial charge in [0, 0.05) is 12.1 Å². The SMILES string of the molecule is O=C(NCCc1ccccc1)/C(=C/c1ccccc1)c1ccccc1. The van der Waals surface area contributed by atoms with Crippen molar-refractivity contribution < 1.29 is 4.79 Å². The maximum absolute atomic E-state index is 12.8. The molecule has 0 fully saturated rings. The summed E-state index contributed by atoms with van der Waals surface area (Å²) in [6.45, 7) is 0.613. The molecule has 1 N–H and O–H groups in total. The van der Waals surface area contributed by atoms with E-state index in [9.17, 15) is 4.79 Å². The Morgan fingerprint density at radius 1 is 0.760 bits per heavy atom. The molecule has 1 amide bonds. The molecule has 0 atom stereocenters. The number of rotatable bonds is 6. The van der Waals surface area contributed by atoms with Crippen LogP contribution < -0.4 is 5.32 Å². The van der Waals surface area contributed by atoms with Crippen molar-refractivity contribution in [3.8, 4) is 0 Å². The Morgan fingerprint density at radius 2 is 1.32 bits per heavy atom. The van der Waals surface area contributed by atoms with Crippen molar-refractivity contribution in [2.75, 3.05) is 6.54 Å². The summed E-state index contributed by atoms with van der Waals surface area (Å²) >= 11 is 0. The van der Waals surface area contributed by atoms with Crippen LogP contribution in [0.2, 0.25) is 0 Å². The quantitative estimate of drug-likeness (QED) is 0.521. The maximum atomic E-state index is 12.8. The zero-order valence-electron chi connectivity index (χ0n) is 14.1. The summed E-state index contributed by atoms with van der Waals surface area (Å²) in [5, 5.41) is 3.04. The highest BCUT2D eigenvalue weighted by Crippen LogP contribution is 2.18. The maximum Gasteiger partial charge on any atom is 0.251 e. The Bertz CT molecular complexity index is 824. The van der Waals surface area contributed by atoms with E-state index in [0.29, 0.717) is 12.1 Å². The third-order valence-corrected chi connectivity index (χ3v) is 3.98. The average molecular weight is 327 g/mol. The number of carbonyl (C=O) groups excluding carboxylic acids is 1. The normalized spacial score (nSPS) is 11.1. The molecule has 3 aromatic rings. The van der Waals surface area contributed by atoms with Crippen LogP contribution in [-0.2, 0) is 11.2 Å². The highest BCUT2D eigenvalue weighted by molar-refractivity contribution is 6.24. The summed E-state index contributed by atoms with van der Waals surface area (Å²) in [6, 6.07) is 29.9. The lowest BCUT2D eigenvalue weighted by molar-refractivity contribution is -0.115. The van der Waals surface area contributed by atoms with E-state index in [-0.39, 0.29) is 5.91 Å². The van der Waals surface area contributed by atoms with Gasteiger partial charge in [0.15, 0.2) is 0 Å². The Morgan fingerprint density at radius 3 is 1.96 bits per heavy atom. The van der Waals surface area contributed by atoms with Crippen LogP contribution >= 0.6 is 0 Å². The third-order valence-electron chi connectivity index (χ3n) is 3.98. The van der Waals surface area contributed by atoms with Crippen LogP contribution in [0.1, 0.15) is 16.7 Å². The molecule has 0 saturated heterocycles. The predicted octanol–water partition coefficient (Wildman–Crippen LogP) is 4.59. The summed E-state index contributed by atoms with van der Waals surface area (Å²) in [5.41, 5.74) is 3.83. The van der Waals surface area contributed by atoms with Crippen molar-refractivity contribution in [2.45, 2.75) is 6.42 Å². The summed E-state index contributed by atoms with van der Waals surface area (Å²) < 4.78 is 0. The van der Waals surface area contributed by atoms with Gasteiger partial charge in [-0.1, -0.05) is 91.0 Å². The topological polar surface area (TPSA) is 29.1 Å². The molecule has 124 valence electrons. The second-order valence-corrected chi connectivity index (χ2v) is 5.83. The summed E-state index contributed by atoms with van der Waals surface area (Å²) in [7, 11) is 0. The molecule has 0 spiro atoms. The van der Waals surface area contributed by atoms with Crippen LogP contribution in [0, 0.1) is 0 Å². The molecule has 0 aliphatic heterocycles. The molecule has 0 heterocycles. The number of carbonyl (C=O) groups is 1. The van der Waals surface area contributed by atoms with Crippen molar-refractivity contribution in [1.29, 1.82) is 0 Å². The highest BCUT2D eigenvalue weighted by atomic mass is 16.1. The molecule has 2 heteroatoms. The minimum Gasteiger partial charge on any atom is -0.352 e. The zero-order chi connectivity index (χ0) is 17.3. The summed E-state index contributed by atoms with van der Waals surface area (Å²) in [6.07, 6.45) is 2.76. The lowest BCUT2D eigenvalue weighted by atomic mass is 10.0. The van der Waals surface area contributed by atoms with Gasteiger partial charge in [-0.2, -0.15) is 0 Å². The van der Waals surface area contributed by atoms with E-state index in [0.717, 1.165) is 17.5 Å². The molecule has 0 aromatic heterocycles. The number of amides is 1. The lowest BCUT2D eigenvalue weighted by Crippen LogP contribution is -2.26. The molecule has 0 saturated carbocycles. The fraction of sp³-hybridized carbons (Fsp3) is 0.0870. The van der Waals surface area contributed by atoms with E-state index >= 15 is 0 Å². The van der Waals surface area contributed by atoms with Crippen LogP contribution in [0.3, 0.4) is 0 Å². The molecule has 0 bridgehead atoms. The smallest absolute Gasteiger partial charge is 0.251 e. The van der Waals surface area contributed by atoms with Gasteiger partial charge in [0.1, 0.15) is 0 Å². The largest absolute Gasteiger partial charge is 0.352 e. The summed E-state index contributed by atoms with van der Waals surface area (Å²) in [4.78, 5) is 12.8. The Hall–Kier alpha value is -3.13. The molecule has 0 radical (unpaired) electrons. The average Bonchev–Trinajstić information content (AvgIpc) is 2.68. The van der Waals surface area contributed by atoms with Crippen molar-refractivity contribution >= 4 is 17.6 Å². The van der Waals surface area contributed by atoms with Crippen LogP contribution in [0.4, 0.5) is 0 Å². The van der Waals surface area contributed by atoms with Gasteiger partial charge in [-0.15, -0.1) is 0 Å². The van der Waals surface area contributed by atoms with Gasteiger partial charge < -0.3 is 5.32 Å². The molecule has 0 unspecified atom stereocenters. The first-order chi connectivity index (χ1) is 12.3. The van der Waals surface area contributed by atoms with Crippen LogP contribution in [-0.4, -0.2) is 12.5 Å². The third kappa shape index (κ3) is 4.92. The molecule has 3 rings (SSSR count). The molecule has 3 aromatic carbocycles. The Labute approximate surface area is 148 Å². The van der Waals surface area contributed by atoms with Gasteiger partial charge in [0.25, 0.3) is 5.91 Å². The van der Waals surface area contributed by atoms with Crippen LogP contribution in [0.15, 0.2) is 91.0 Å². The second-order valence-electron chi connectivity index (χ2n) is 5.83. The van der Waals surface area contributed by atoms with Gasteiger partial charge in [0.2, 0.25) is 0 Å². The van der Waals surface area contributed by atoms with E-state index < -0.39 is 0 Å². The minimum atomic E-state index is -0.0500. The molecule has 2 nitrogen and oxygen atoms in total. The Kier molecular flexibility index (Phi) is 5.78. The number of hydrogen-bond donors (Lipinski definition) is 1. The number of hydrogen-bond acceptors (Lipinski definition) is 1. The van der Waals surface area contributed by atoms with E-state index in [4.69, 9.17) is 0 Å². The fourth-order valence-corrected chi connectivity index (χ4v) is 2.67. The first-order valence-electron chi connectivity index (χ1n) is 8.47. The molecule has 25 heavy (non-hydrogen) atoms. The number of benzene rings is 3. The van der Waals surface area contributed by atoms with E-state index in [1.807, 2.05) is 84.9 Å². The van der Waals surface area contributed by atoms with Crippen molar-refractivity contribution in [3.05, 3.63) is 108 Å². The van der Waals surface area contributed by atoms with Crippen LogP contribution in [0.25, 0.3) is 11.6 Å². The molecular formula is C23H21NO. The monoisotopic (exact) mass is 327 g/mol. The fourth-order valence-electron chi connectivity index (χ4n) is 2.67. The molecule has 0 aliphatic carbocycles. The van der Waals surface area contributed by atoms with Gasteiger partial charge in [0.05, 0.1) is 0 Å². The molecule has 0 aliphatic rings. The predicted molar refractivity (Wildman–Crippen MR) is 104 cm³/mol. The van der Waals surface area contributed by atoms with Crippen molar-refractivity contribution in [2.24, 2.45) is 0 Å².